The van der Waals surface area contributed by atoms with Crippen molar-refractivity contribution in [3.05, 3.63) is 34.9 Å². The highest BCUT2D eigenvalue weighted by Gasteiger charge is 2.10. The molecule has 1 aliphatic heterocycles. The van der Waals surface area contributed by atoms with Gasteiger partial charge in [0, 0.05) is 37.6 Å². The Morgan fingerprint density at radius 2 is 2.05 bits per heavy atom. The normalized spacial score (nSPS) is 15.9. The van der Waals surface area contributed by atoms with Crippen LogP contribution in [0.2, 0.25) is 5.02 Å². The molecule has 1 aromatic carbocycles. The molecular weight excluding hydrogens is 288 g/mol. The Kier molecular flexibility index (Phi) is 7.00. The van der Waals surface area contributed by atoms with Crippen molar-refractivity contribution >= 4 is 17.5 Å². The van der Waals surface area contributed by atoms with Crippen LogP contribution in [0, 0.1) is 0 Å². The van der Waals surface area contributed by atoms with Gasteiger partial charge in [0.1, 0.15) is 0 Å². The van der Waals surface area contributed by atoms with Crippen LogP contribution in [0.5, 0.6) is 0 Å². The Labute approximate surface area is 131 Å². The fourth-order valence-electron chi connectivity index (χ4n) is 2.41. The minimum absolute atomic E-state index is 0.121. The fraction of sp³-hybridized carbons (Fsp3) is 0.562. The van der Waals surface area contributed by atoms with Crippen LogP contribution in [0.15, 0.2) is 24.3 Å². The molecule has 4 nitrogen and oxygen atoms in total. The number of rotatable bonds is 7. The van der Waals surface area contributed by atoms with Gasteiger partial charge in [-0.15, -0.1) is 0 Å². The number of carbonyl (C=O) groups excluding carboxylic acids is 1. The number of halogens is 1. The molecule has 0 aliphatic carbocycles. The lowest BCUT2D eigenvalue weighted by Crippen LogP contribution is -2.41. The monoisotopic (exact) mass is 310 g/mol. The molecule has 0 atom stereocenters. The molecule has 1 aromatic rings. The van der Waals surface area contributed by atoms with Crippen LogP contribution in [0.4, 0.5) is 0 Å². The van der Waals surface area contributed by atoms with Gasteiger partial charge in [-0.25, -0.2) is 0 Å². The zero-order chi connectivity index (χ0) is 14.9. The van der Waals surface area contributed by atoms with Gasteiger partial charge in [-0.2, -0.15) is 0 Å². The van der Waals surface area contributed by atoms with Crippen molar-refractivity contribution in [1.82, 2.24) is 10.2 Å². The van der Waals surface area contributed by atoms with Crippen LogP contribution in [0.3, 0.4) is 0 Å². The summed E-state index contributed by atoms with van der Waals surface area (Å²) in [7, 11) is 0. The van der Waals surface area contributed by atoms with Crippen molar-refractivity contribution < 1.29 is 9.53 Å². The summed E-state index contributed by atoms with van der Waals surface area (Å²) in [6.07, 6.45) is 2.22. The van der Waals surface area contributed by atoms with Crippen molar-refractivity contribution in [3.8, 4) is 0 Å². The average molecular weight is 311 g/mol. The first-order valence-electron chi connectivity index (χ1n) is 7.56. The van der Waals surface area contributed by atoms with Crippen LogP contribution in [-0.2, 0) is 16.0 Å². The Morgan fingerprint density at radius 1 is 1.29 bits per heavy atom. The van der Waals surface area contributed by atoms with Crippen molar-refractivity contribution in [1.29, 1.82) is 0 Å². The molecule has 116 valence electrons. The van der Waals surface area contributed by atoms with Crippen LogP contribution in [0.1, 0.15) is 18.4 Å². The maximum Gasteiger partial charge on any atom is 0.220 e. The molecule has 0 bridgehead atoms. The Balaban J connectivity index is 1.56. The van der Waals surface area contributed by atoms with E-state index in [4.69, 9.17) is 16.3 Å². The lowest BCUT2D eigenvalue weighted by atomic mass is 10.1. The molecule has 0 radical (unpaired) electrons. The molecule has 1 N–H and O–H groups in total. The summed E-state index contributed by atoms with van der Waals surface area (Å²) in [6.45, 7) is 5.13. The highest BCUT2D eigenvalue weighted by Crippen LogP contribution is 2.16. The zero-order valence-corrected chi connectivity index (χ0v) is 13.1. The Bertz CT molecular complexity index is 448. The van der Waals surface area contributed by atoms with Gasteiger partial charge in [-0.1, -0.05) is 29.8 Å². The first-order valence-corrected chi connectivity index (χ1v) is 7.94. The predicted octanol–water partition coefficient (Wildman–Crippen LogP) is 2.11. The molecule has 2 rings (SSSR count). The van der Waals surface area contributed by atoms with E-state index in [1.807, 2.05) is 24.3 Å². The Hall–Kier alpha value is -1.10. The van der Waals surface area contributed by atoms with Gasteiger partial charge in [0.15, 0.2) is 0 Å². The van der Waals surface area contributed by atoms with E-state index in [0.29, 0.717) is 13.0 Å². The number of morpholine rings is 1. The SMILES string of the molecule is O=C(CCCc1ccccc1Cl)NCCN1CCOCC1. The van der Waals surface area contributed by atoms with Gasteiger partial charge in [0.05, 0.1) is 13.2 Å². The molecule has 1 amide bonds. The molecule has 1 heterocycles. The standard InChI is InChI=1S/C16H23ClN2O2/c17-15-6-2-1-4-14(15)5-3-7-16(20)18-8-9-19-10-12-21-13-11-19/h1-2,4,6H,3,5,7-13H2,(H,18,20). The van der Waals surface area contributed by atoms with E-state index in [9.17, 15) is 4.79 Å². The van der Waals surface area contributed by atoms with E-state index < -0.39 is 0 Å². The lowest BCUT2D eigenvalue weighted by molar-refractivity contribution is -0.121. The highest BCUT2D eigenvalue weighted by molar-refractivity contribution is 6.31. The van der Waals surface area contributed by atoms with E-state index in [-0.39, 0.29) is 5.91 Å². The molecule has 1 aliphatic rings. The summed E-state index contributed by atoms with van der Waals surface area (Å²) < 4.78 is 5.29. The summed E-state index contributed by atoms with van der Waals surface area (Å²) in [4.78, 5) is 14.1. The topological polar surface area (TPSA) is 41.6 Å². The number of benzene rings is 1. The molecule has 0 spiro atoms. The number of carbonyl (C=O) groups is 1. The number of aryl methyl sites for hydroxylation is 1. The molecule has 5 heteroatoms. The molecule has 1 saturated heterocycles. The van der Waals surface area contributed by atoms with Crippen LogP contribution >= 0.6 is 11.6 Å². The predicted molar refractivity (Wildman–Crippen MR) is 84.7 cm³/mol. The van der Waals surface area contributed by atoms with Gasteiger partial charge in [0.25, 0.3) is 0 Å². The quantitative estimate of drug-likeness (QED) is 0.838. The van der Waals surface area contributed by atoms with E-state index in [2.05, 4.69) is 10.2 Å². The lowest BCUT2D eigenvalue weighted by Gasteiger charge is -2.26. The van der Waals surface area contributed by atoms with Crippen LogP contribution in [0.25, 0.3) is 0 Å². The first kappa shape index (κ1) is 16.3. The van der Waals surface area contributed by atoms with Gasteiger partial charge >= 0.3 is 0 Å². The molecule has 0 aromatic heterocycles. The maximum absolute atomic E-state index is 11.8. The maximum atomic E-state index is 11.8. The van der Waals surface area contributed by atoms with Crippen molar-refractivity contribution in [2.75, 3.05) is 39.4 Å². The largest absolute Gasteiger partial charge is 0.379 e. The highest BCUT2D eigenvalue weighted by atomic mass is 35.5. The number of nitrogens with one attached hydrogen (secondary N) is 1. The van der Waals surface area contributed by atoms with Gasteiger partial charge < -0.3 is 10.1 Å². The first-order chi connectivity index (χ1) is 10.3. The number of amides is 1. The van der Waals surface area contributed by atoms with Gasteiger partial charge in [-0.3, -0.25) is 9.69 Å². The summed E-state index contributed by atoms with van der Waals surface area (Å²) >= 11 is 6.09. The second-order valence-corrected chi connectivity index (χ2v) is 5.66. The van der Waals surface area contributed by atoms with Crippen LogP contribution < -0.4 is 5.32 Å². The number of hydrogen-bond donors (Lipinski definition) is 1. The minimum atomic E-state index is 0.121. The van der Waals surface area contributed by atoms with E-state index in [1.54, 1.807) is 0 Å². The van der Waals surface area contributed by atoms with E-state index >= 15 is 0 Å². The summed E-state index contributed by atoms with van der Waals surface area (Å²) in [5.41, 5.74) is 1.11. The number of ether oxygens (including phenoxy) is 1. The van der Waals surface area contributed by atoms with E-state index in [0.717, 1.165) is 56.3 Å². The fourth-order valence-corrected chi connectivity index (χ4v) is 2.64. The van der Waals surface area contributed by atoms with Gasteiger partial charge in [0.2, 0.25) is 5.91 Å². The van der Waals surface area contributed by atoms with Crippen molar-refractivity contribution in [2.45, 2.75) is 19.3 Å². The molecule has 21 heavy (non-hydrogen) atoms. The summed E-state index contributed by atoms with van der Waals surface area (Å²) in [5.74, 6) is 0.121. The summed E-state index contributed by atoms with van der Waals surface area (Å²) in [5, 5.41) is 3.76. The van der Waals surface area contributed by atoms with Crippen molar-refractivity contribution in [2.24, 2.45) is 0 Å². The Morgan fingerprint density at radius 3 is 2.81 bits per heavy atom. The van der Waals surface area contributed by atoms with E-state index in [1.165, 1.54) is 0 Å². The second-order valence-electron chi connectivity index (χ2n) is 5.25. The second kappa shape index (κ2) is 9.03. The number of nitrogens with zero attached hydrogens (tertiary/aromatic N) is 1. The number of hydrogen-bond acceptors (Lipinski definition) is 3. The molecule has 0 unspecified atom stereocenters. The molecular formula is C16H23ClN2O2. The third-order valence-corrected chi connectivity index (χ3v) is 4.03. The zero-order valence-electron chi connectivity index (χ0n) is 12.3. The average Bonchev–Trinajstić information content (AvgIpc) is 2.50. The third kappa shape index (κ3) is 6.04. The van der Waals surface area contributed by atoms with Crippen LogP contribution in [-0.4, -0.2) is 50.2 Å². The minimum Gasteiger partial charge on any atom is -0.379 e. The molecule has 0 saturated carbocycles. The van der Waals surface area contributed by atoms with Crippen molar-refractivity contribution in [3.63, 3.8) is 0 Å². The summed E-state index contributed by atoms with van der Waals surface area (Å²) in [6, 6.07) is 7.80. The smallest absolute Gasteiger partial charge is 0.220 e. The molecule has 1 fully saturated rings. The third-order valence-electron chi connectivity index (χ3n) is 3.66. The van der Waals surface area contributed by atoms with Gasteiger partial charge in [-0.05, 0) is 24.5 Å².